The van der Waals surface area contributed by atoms with Crippen molar-refractivity contribution in [3.05, 3.63) is 77.5 Å². The first-order valence-electron chi connectivity index (χ1n) is 6.54. The zero-order valence-corrected chi connectivity index (χ0v) is 11.2. The van der Waals surface area contributed by atoms with E-state index in [0.29, 0.717) is 16.9 Å². The van der Waals surface area contributed by atoms with E-state index in [4.69, 9.17) is 4.74 Å². The van der Waals surface area contributed by atoms with Gasteiger partial charge in [0.15, 0.2) is 11.9 Å². The van der Waals surface area contributed by atoms with Crippen molar-refractivity contribution in [2.24, 2.45) is 0 Å². The largest absolute Gasteiger partial charge is 0.480 e. The number of fused-ring (bicyclic) bond motifs is 1. The van der Waals surface area contributed by atoms with Crippen molar-refractivity contribution in [3.63, 3.8) is 0 Å². The Balaban J connectivity index is 2.11. The summed E-state index contributed by atoms with van der Waals surface area (Å²) in [6, 6.07) is 17.1. The Hall–Kier alpha value is -2.55. The monoisotopic (exact) mass is 265 g/mol. The zero-order valence-electron chi connectivity index (χ0n) is 11.2. The number of carbonyl (C=O) groups is 1. The molecule has 20 heavy (non-hydrogen) atoms. The highest BCUT2D eigenvalue weighted by Gasteiger charge is 2.32. The van der Waals surface area contributed by atoms with Crippen molar-refractivity contribution >= 4 is 5.78 Å². The molecule has 1 N–H and O–H groups in total. The summed E-state index contributed by atoms with van der Waals surface area (Å²) in [5.74, 6) is 0.648. The van der Waals surface area contributed by atoms with Gasteiger partial charge in [-0.2, -0.15) is 0 Å². The van der Waals surface area contributed by atoms with Gasteiger partial charge in [0, 0.05) is 13.2 Å². The number of benzene rings is 2. The van der Waals surface area contributed by atoms with E-state index in [0.717, 1.165) is 5.56 Å². The van der Waals surface area contributed by atoms with Crippen LogP contribution in [0.3, 0.4) is 0 Å². The van der Waals surface area contributed by atoms with E-state index in [1.807, 2.05) is 48.5 Å². The smallest absolute Gasteiger partial charge is 0.198 e. The number of carbonyl (C=O) groups excluding carboxylic acids is 1. The standard InChI is InChI=1S/C17H15NO2/c1-18-11-14-16(19)13-9-5-6-10-15(13)20-17(14)12-7-3-2-4-8-12/h2-11,17-18H,1H3. The van der Waals surface area contributed by atoms with Gasteiger partial charge in [-0.3, -0.25) is 4.79 Å². The van der Waals surface area contributed by atoms with Gasteiger partial charge in [-0.25, -0.2) is 0 Å². The molecule has 1 aliphatic rings. The van der Waals surface area contributed by atoms with E-state index < -0.39 is 0 Å². The van der Waals surface area contributed by atoms with E-state index in [2.05, 4.69) is 5.32 Å². The summed E-state index contributed by atoms with van der Waals surface area (Å²) in [5, 5.41) is 2.94. The molecule has 0 aliphatic carbocycles. The number of para-hydroxylation sites is 1. The van der Waals surface area contributed by atoms with Gasteiger partial charge < -0.3 is 10.1 Å². The number of Topliss-reactive ketones (excluding diaryl/α,β-unsaturated/α-hetero) is 1. The first-order valence-corrected chi connectivity index (χ1v) is 6.54. The van der Waals surface area contributed by atoms with Crippen molar-refractivity contribution in [2.45, 2.75) is 6.10 Å². The highest BCUT2D eigenvalue weighted by molar-refractivity contribution is 6.12. The Morgan fingerprint density at radius 1 is 1.05 bits per heavy atom. The van der Waals surface area contributed by atoms with Crippen molar-refractivity contribution in [3.8, 4) is 5.75 Å². The molecule has 0 bridgehead atoms. The second-order valence-electron chi connectivity index (χ2n) is 4.62. The predicted molar refractivity (Wildman–Crippen MR) is 77.7 cm³/mol. The second-order valence-corrected chi connectivity index (χ2v) is 4.62. The zero-order chi connectivity index (χ0) is 13.9. The number of ether oxygens (including phenoxy) is 1. The molecule has 3 nitrogen and oxygen atoms in total. The van der Waals surface area contributed by atoms with Crippen molar-refractivity contribution in [1.29, 1.82) is 0 Å². The van der Waals surface area contributed by atoms with E-state index in [9.17, 15) is 4.79 Å². The van der Waals surface area contributed by atoms with Crippen molar-refractivity contribution < 1.29 is 9.53 Å². The van der Waals surface area contributed by atoms with Crippen LogP contribution in [0.25, 0.3) is 0 Å². The molecule has 0 saturated heterocycles. The molecule has 100 valence electrons. The molecule has 1 unspecified atom stereocenters. The molecule has 2 aromatic carbocycles. The van der Waals surface area contributed by atoms with Crippen LogP contribution < -0.4 is 10.1 Å². The van der Waals surface area contributed by atoms with Gasteiger partial charge in [-0.1, -0.05) is 42.5 Å². The lowest BCUT2D eigenvalue weighted by atomic mass is 9.91. The highest BCUT2D eigenvalue weighted by atomic mass is 16.5. The molecule has 0 radical (unpaired) electrons. The van der Waals surface area contributed by atoms with Gasteiger partial charge in [0.05, 0.1) is 11.1 Å². The first kappa shape index (κ1) is 12.5. The molecule has 0 aromatic heterocycles. The molecule has 3 rings (SSSR count). The SMILES string of the molecule is CNC=C1C(=O)c2ccccc2OC1c1ccccc1. The summed E-state index contributed by atoms with van der Waals surface area (Å²) in [5.41, 5.74) is 2.20. The number of rotatable bonds is 2. The second kappa shape index (κ2) is 5.21. The number of hydrogen-bond acceptors (Lipinski definition) is 3. The van der Waals surface area contributed by atoms with E-state index in [1.165, 1.54) is 0 Å². The molecule has 3 heteroatoms. The maximum absolute atomic E-state index is 12.6. The fourth-order valence-corrected chi connectivity index (χ4v) is 2.39. The summed E-state index contributed by atoms with van der Waals surface area (Å²) in [4.78, 5) is 12.6. The third-order valence-corrected chi connectivity index (χ3v) is 3.32. The lowest BCUT2D eigenvalue weighted by Gasteiger charge is -2.28. The van der Waals surface area contributed by atoms with Crippen LogP contribution in [0.15, 0.2) is 66.4 Å². The predicted octanol–water partition coefficient (Wildman–Crippen LogP) is 3.11. The summed E-state index contributed by atoms with van der Waals surface area (Å²) in [6.45, 7) is 0. The fourth-order valence-electron chi connectivity index (χ4n) is 2.39. The lowest BCUT2D eigenvalue weighted by molar-refractivity contribution is 0.0960. The molecule has 0 fully saturated rings. The average molecular weight is 265 g/mol. The molecule has 0 amide bonds. The quantitative estimate of drug-likeness (QED) is 0.848. The van der Waals surface area contributed by atoms with Crippen LogP contribution in [-0.4, -0.2) is 12.8 Å². The van der Waals surface area contributed by atoms with Crippen molar-refractivity contribution in [1.82, 2.24) is 5.32 Å². The maximum Gasteiger partial charge on any atom is 0.198 e. The summed E-state index contributed by atoms with van der Waals surface area (Å²) in [7, 11) is 1.78. The molecule has 0 saturated carbocycles. The molecule has 1 atom stereocenters. The first-order chi connectivity index (χ1) is 9.81. The normalized spacial score (nSPS) is 19.4. The van der Waals surface area contributed by atoms with Crippen molar-refractivity contribution in [2.75, 3.05) is 7.05 Å². The minimum Gasteiger partial charge on any atom is -0.480 e. The number of nitrogens with one attached hydrogen (secondary N) is 1. The highest BCUT2D eigenvalue weighted by Crippen LogP contribution is 2.37. The van der Waals surface area contributed by atoms with Gasteiger partial charge in [0.25, 0.3) is 0 Å². The van der Waals surface area contributed by atoms with Gasteiger partial charge in [-0.15, -0.1) is 0 Å². The van der Waals surface area contributed by atoms with E-state index in [-0.39, 0.29) is 11.9 Å². The van der Waals surface area contributed by atoms with Crippen LogP contribution in [0.1, 0.15) is 22.0 Å². The molecular formula is C17H15NO2. The Kier molecular flexibility index (Phi) is 3.25. The summed E-state index contributed by atoms with van der Waals surface area (Å²) < 4.78 is 6.02. The van der Waals surface area contributed by atoms with Gasteiger partial charge in [-0.05, 0) is 17.7 Å². The number of ketones is 1. The van der Waals surface area contributed by atoms with Crippen LogP contribution >= 0.6 is 0 Å². The summed E-state index contributed by atoms with van der Waals surface area (Å²) in [6.07, 6.45) is 1.35. The van der Waals surface area contributed by atoms with Gasteiger partial charge in [0.1, 0.15) is 5.75 Å². The Morgan fingerprint density at radius 3 is 2.50 bits per heavy atom. The molecule has 1 heterocycles. The summed E-state index contributed by atoms with van der Waals surface area (Å²) >= 11 is 0. The minimum atomic E-state index is -0.369. The Morgan fingerprint density at radius 2 is 1.75 bits per heavy atom. The Labute approximate surface area is 117 Å². The van der Waals surface area contributed by atoms with Gasteiger partial charge >= 0.3 is 0 Å². The van der Waals surface area contributed by atoms with Crippen LogP contribution in [0.2, 0.25) is 0 Å². The van der Waals surface area contributed by atoms with Crippen LogP contribution in [0, 0.1) is 0 Å². The fraction of sp³-hybridized carbons (Fsp3) is 0.118. The van der Waals surface area contributed by atoms with Gasteiger partial charge in [0.2, 0.25) is 0 Å². The Bertz CT molecular complexity index is 662. The number of hydrogen-bond donors (Lipinski definition) is 1. The molecule has 1 aliphatic heterocycles. The van der Waals surface area contributed by atoms with E-state index in [1.54, 1.807) is 19.3 Å². The molecule has 2 aromatic rings. The van der Waals surface area contributed by atoms with Crippen LogP contribution in [0.5, 0.6) is 5.75 Å². The minimum absolute atomic E-state index is 0.00931. The average Bonchev–Trinajstić information content (AvgIpc) is 2.51. The molecular weight excluding hydrogens is 250 g/mol. The third-order valence-electron chi connectivity index (χ3n) is 3.32. The topological polar surface area (TPSA) is 38.3 Å². The lowest BCUT2D eigenvalue weighted by Crippen LogP contribution is -2.25. The maximum atomic E-state index is 12.6. The van der Waals surface area contributed by atoms with Crippen LogP contribution in [0.4, 0.5) is 0 Å². The van der Waals surface area contributed by atoms with Crippen LogP contribution in [-0.2, 0) is 0 Å². The third kappa shape index (κ3) is 2.07. The van der Waals surface area contributed by atoms with E-state index >= 15 is 0 Å². The molecule has 0 spiro atoms.